The summed E-state index contributed by atoms with van der Waals surface area (Å²) < 4.78 is 34.0. The highest BCUT2D eigenvalue weighted by Gasteiger charge is 2.45. The van der Waals surface area contributed by atoms with Gasteiger partial charge in [0.2, 0.25) is 0 Å². The third kappa shape index (κ3) is 5.21. The zero-order valence-corrected chi connectivity index (χ0v) is 20.9. The zero-order valence-electron chi connectivity index (χ0n) is 20.0. The van der Waals surface area contributed by atoms with Gasteiger partial charge in [-0.15, -0.1) is 12.4 Å². The number of aromatic nitrogens is 2. The van der Waals surface area contributed by atoms with Gasteiger partial charge in [0.25, 0.3) is 5.91 Å². The number of anilines is 1. The molecule has 1 amide bonds. The van der Waals surface area contributed by atoms with E-state index in [1.807, 2.05) is 13.8 Å². The molecule has 1 saturated carbocycles. The van der Waals surface area contributed by atoms with Crippen molar-refractivity contribution >= 4 is 24.1 Å². The third-order valence-electron chi connectivity index (χ3n) is 7.26. The average Bonchev–Trinajstić information content (AvgIpc) is 2.77. The number of carbonyl (C=O) groups is 1. The molecule has 0 atom stereocenters. The minimum absolute atomic E-state index is 0. The largest absolute Gasteiger partial charge is 0.452 e. The van der Waals surface area contributed by atoms with Gasteiger partial charge in [-0.3, -0.25) is 4.79 Å². The zero-order chi connectivity index (χ0) is 23.9. The summed E-state index contributed by atoms with van der Waals surface area (Å²) in [6, 6.07) is 3.69. The van der Waals surface area contributed by atoms with E-state index in [1.54, 1.807) is 11.1 Å². The standard InChI is InChI=1S/C25H31F2N5O2.ClH/c1-16(2)32(20-9-19(27)10-20)24(33)17-7-18(26)11-21(8-17)34-22-12-29-15-30-23(22)31-13-25(14-31)3-5-28-6-4-25;/h7-8,11-12,15-16,19-20,28H,3-6,9-10,13-14H2,1-2H3;1H. The van der Waals surface area contributed by atoms with E-state index < -0.39 is 12.0 Å². The van der Waals surface area contributed by atoms with E-state index in [1.165, 1.54) is 24.5 Å². The lowest BCUT2D eigenvalue weighted by atomic mass is 9.72. The van der Waals surface area contributed by atoms with Crippen LogP contribution in [0.1, 0.15) is 49.9 Å². The summed E-state index contributed by atoms with van der Waals surface area (Å²) >= 11 is 0. The molecule has 190 valence electrons. The molecule has 1 aliphatic carbocycles. The van der Waals surface area contributed by atoms with Crippen molar-refractivity contribution in [3.05, 3.63) is 42.1 Å². The second kappa shape index (κ2) is 10.2. The van der Waals surface area contributed by atoms with Gasteiger partial charge in [-0.1, -0.05) is 0 Å². The molecule has 3 heterocycles. The second-order valence-electron chi connectivity index (χ2n) is 10.1. The lowest BCUT2D eigenvalue weighted by Gasteiger charge is -2.53. The number of hydrogen-bond donors (Lipinski definition) is 1. The Labute approximate surface area is 210 Å². The first kappa shape index (κ1) is 25.6. The summed E-state index contributed by atoms with van der Waals surface area (Å²) in [5.74, 6) is 0.407. The van der Waals surface area contributed by atoms with Crippen LogP contribution < -0.4 is 15.0 Å². The minimum atomic E-state index is -0.882. The Kier molecular flexibility index (Phi) is 7.47. The number of piperidine rings is 1. The molecule has 5 rings (SSSR count). The molecule has 3 aliphatic rings. The van der Waals surface area contributed by atoms with Crippen LogP contribution in [-0.4, -0.2) is 65.2 Å². The van der Waals surface area contributed by atoms with Crippen molar-refractivity contribution in [1.82, 2.24) is 20.2 Å². The summed E-state index contributed by atoms with van der Waals surface area (Å²) in [5, 5.41) is 3.40. The van der Waals surface area contributed by atoms with E-state index in [9.17, 15) is 13.6 Å². The van der Waals surface area contributed by atoms with Gasteiger partial charge in [-0.25, -0.2) is 18.7 Å². The smallest absolute Gasteiger partial charge is 0.254 e. The Morgan fingerprint density at radius 2 is 1.94 bits per heavy atom. The van der Waals surface area contributed by atoms with Gasteiger partial charge in [0.05, 0.1) is 6.20 Å². The highest BCUT2D eigenvalue weighted by Crippen LogP contribution is 2.43. The molecule has 2 aliphatic heterocycles. The second-order valence-corrected chi connectivity index (χ2v) is 10.1. The molecule has 35 heavy (non-hydrogen) atoms. The van der Waals surface area contributed by atoms with Crippen molar-refractivity contribution in [1.29, 1.82) is 0 Å². The SMILES string of the molecule is CC(C)N(C(=O)c1cc(F)cc(Oc2cncnc2N2CC3(CCNCC3)C2)c1)C1CC(F)C1.Cl. The first-order valence-corrected chi connectivity index (χ1v) is 12.0. The molecule has 1 aromatic carbocycles. The normalized spacial score (nSPS) is 22.7. The van der Waals surface area contributed by atoms with E-state index in [0.29, 0.717) is 29.8 Å². The van der Waals surface area contributed by atoms with Crippen LogP contribution in [0.25, 0.3) is 0 Å². The Bertz CT molecular complexity index is 1050. The molecule has 0 bridgehead atoms. The number of hydrogen-bond acceptors (Lipinski definition) is 6. The van der Waals surface area contributed by atoms with Crippen LogP contribution in [0.5, 0.6) is 11.5 Å². The van der Waals surface area contributed by atoms with Crippen molar-refractivity contribution in [2.45, 2.75) is 57.8 Å². The third-order valence-corrected chi connectivity index (χ3v) is 7.26. The van der Waals surface area contributed by atoms with Gasteiger partial charge >= 0.3 is 0 Å². The minimum Gasteiger partial charge on any atom is -0.452 e. The van der Waals surface area contributed by atoms with Crippen molar-refractivity contribution in [2.75, 3.05) is 31.1 Å². The van der Waals surface area contributed by atoms with Crippen molar-refractivity contribution in [3.63, 3.8) is 0 Å². The lowest BCUT2D eigenvalue weighted by Crippen LogP contribution is -2.60. The molecule has 1 N–H and O–H groups in total. The van der Waals surface area contributed by atoms with Crippen molar-refractivity contribution in [2.24, 2.45) is 5.41 Å². The highest BCUT2D eigenvalue weighted by molar-refractivity contribution is 5.95. The topological polar surface area (TPSA) is 70.6 Å². The summed E-state index contributed by atoms with van der Waals surface area (Å²) in [6.45, 7) is 7.62. The van der Waals surface area contributed by atoms with Crippen LogP contribution in [0.2, 0.25) is 0 Å². The van der Waals surface area contributed by atoms with Gasteiger partial charge in [0.15, 0.2) is 11.6 Å². The Morgan fingerprint density at radius 1 is 1.23 bits per heavy atom. The molecule has 0 unspecified atom stereocenters. The quantitative estimate of drug-likeness (QED) is 0.626. The number of nitrogens with zero attached hydrogens (tertiary/aromatic N) is 4. The number of rotatable bonds is 6. The predicted octanol–water partition coefficient (Wildman–Crippen LogP) is 4.37. The van der Waals surface area contributed by atoms with E-state index in [2.05, 4.69) is 20.2 Å². The number of halogens is 3. The molecule has 2 saturated heterocycles. The van der Waals surface area contributed by atoms with E-state index in [0.717, 1.165) is 39.0 Å². The van der Waals surface area contributed by atoms with Crippen molar-refractivity contribution in [3.8, 4) is 11.5 Å². The molecule has 1 aromatic heterocycles. The summed E-state index contributed by atoms with van der Waals surface area (Å²) in [6.07, 6.45) is 5.08. The maximum atomic E-state index is 14.5. The van der Waals surface area contributed by atoms with Crippen LogP contribution >= 0.6 is 12.4 Å². The molecule has 2 aromatic rings. The van der Waals surface area contributed by atoms with E-state index in [4.69, 9.17) is 4.74 Å². The van der Waals surface area contributed by atoms with Gasteiger partial charge in [-0.05, 0) is 64.8 Å². The van der Waals surface area contributed by atoms with Gasteiger partial charge in [-0.2, -0.15) is 0 Å². The molecular formula is C25H32ClF2N5O2. The van der Waals surface area contributed by atoms with Crippen LogP contribution in [0.3, 0.4) is 0 Å². The molecule has 1 spiro atoms. The van der Waals surface area contributed by atoms with Crippen LogP contribution in [0.15, 0.2) is 30.7 Å². The fraction of sp³-hybridized carbons (Fsp3) is 0.560. The van der Waals surface area contributed by atoms with E-state index in [-0.39, 0.29) is 41.7 Å². The Morgan fingerprint density at radius 3 is 2.60 bits per heavy atom. The van der Waals surface area contributed by atoms with Crippen molar-refractivity contribution < 1.29 is 18.3 Å². The predicted molar refractivity (Wildman–Crippen MR) is 132 cm³/mol. The van der Waals surface area contributed by atoms with Gasteiger partial charge in [0, 0.05) is 42.2 Å². The van der Waals surface area contributed by atoms with Crippen LogP contribution in [-0.2, 0) is 0 Å². The Hall–Kier alpha value is -2.52. The lowest BCUT2D eigenvalue weighted by molar-refractivity contribution is 0.0266. The number of carbonyl (C=O) groups excluding carboxylic acids is 1. The number of amides is 1. The monoisotopic (exact) mass is 507 g/mol. The van der Waals surface area contributed by atoms with Gasteiger partial charge < -0.3 is 19.9 Å². The molecule has 7 nitrogen and oxygen atoms in total. The van der Waals surface area contributed by atoms with Crippen LogP contribution in [0.4, 0.5) is 14.6 Å². The molecule has 3 fully saturated rings. The molecule has 0 radical (unpaired) electrons. The number of alkyl halides is 1. The maximum Gasteiger partial charge on any atom is 0.254 e. The highest BCUT2D eigenvalue weighted by atomic mass is 35.5. The summed E-state index contributed by atoms with van der Waals surface area (Å²) in [5.41, 5.74) is 0.494. The number of benzene rings is 1. The average molecular weight is 508 g/mol. The fourth-order valence-corrected chi connectivity index (χ4v) is 5.40. The van der Waals surface area contributed by atoms with Crippen LogP contribution in [0, 0.1) is 11.2 Å². The molecule has 10 heteroatoms. The first-order valence-electron chi connectivity index (χ1n) is 12.0. The fourth-order valence-electron chi connectivity index (χ4n) is 5.40. The first-order chi connectivity index (χ1) is 16.3. The number of ether oxygens (including phenoxy) is 1. The van der Waals surface area contributed by atoms with Gasteiger partial charge in [0.1, 0.15) is 24.1 Å². The van der Waals surface area contributed by atoms with E-state index >= 15 is 0 Å². The molecular weight excluding hydrogens is 476 g/mol. The maximum absolute atomic E-state index is 14.5. The summed E-state index contributed by atoms with van der Waals surface area (Å²) in [7, 11) is 0. The number of nitrogens with one attached hydrogen (secondary N) is 1. The summed E-state index contributed by atoms with van der Waals surface area (Å²) in [4.78, 5) is 25.6. The Balaban J connectivity index is 0.00000289.